The summed E-state index contributed by atoms with van der Waals surface area (Å²) in [7, 11) is -2.75. The number of carbonyl (C=O) groups excluding carboxylic acids is 2. The van der Waals surface area contributed by atoms with Gasteiger partial charge in [0.1, 0.15) is 22.7 Å². The molecule has 1 N–H and O–H groups in total. The minimum atomic E-state index is -3.98. The third-order valence-electron chi connectivity index (χ3n) is 5.16. The number of Topliss-reactive ketones (excluding diaryl/α,β-unsaturated/α-hetero) is 1. The van der Waals surface area contributed by atoms with Crippen molar-refractivity contribution in [2.45, 2.75) is 45.3 Å². The van der Waals surface area contributed by atoms with Gasteiger partial charge in [0.15, 0.2) is 5.78 Å². The summed E-state index contributed by atoms with van der Waals surface area (Å²) in [4.78, 5) is 33.4. The molecule has 12 heteroatoms. The largest absolute Gasteiger partial charge is 0.444 e. The summed E-state index contributed by atoms with van der Waals surface area (Å²) in [5.41, 5.74) is -1.77. The Hall–Kier alpha value is -2.86. The number of sulfonamides is 1. The topological polar surface area (TPSA) is 118 Å². The number of aliphatic imine (C=N–C) groups is 1. The number of ether oxygens (including phenoxy) is 1. The second kappa shape index (κ2) is 9.65. The van der Waals surface area contributed by atoms with E-state index in [4.69, 9.17) is 4.74 Å². The summed E-state index contributed by atoms with van der Waals surface area (Å²) in [6.07, 6.45) is 0.498. The lowest BCUT2D eigenvalue weighted by atomic mass is 9.91. The first-order valence-electron chi connectivity index (χ1n) is 10.6. The highest BCUT2D eigenvalue weighted by Crippen LogP contribution is 2.36. The van der Waals surface area contributed by atoms with Crippen LogP contribution in [0, 0.1) is 5.82 Å². The third-order valence-corrected chi connectivity index (χ3v) is 7.83. The fourth-order valence-electron chi connectivity index (χ4n) is 3.49. The molecule has 0 bridgehead atoms. The normalized spacial score (nSPS) is 19.6. The first-order chi connectivity index (χ1) is 16.1. The zero-order valence-electron chi connectivity index (χ0n) is 19.9. The lowest BCUT2D eigenvalue weighted by Gasteiger charge is -2.36. The second-order valence-electron chi connectivity index (χ2n) is 9.30. The van der Waals surface area contributed by atoms with E-state index in [0.29, 0.717) is 10.0 Å². The lowest BCUT2D eigenvalue weighted by molar-refractivity contribution is 0.0558. The van der Waals surface area contributed by atoms with Crippen LogP contribution in [-0.2, 0) is 26.7 Å². The van der Waals surface area contributed by atoms with Crippen molar-refractivity contribution in [2.24, 2.45) is 4.99 Å². The number of aromatic nitrogens is 1. The van der Waals surface area contributed by atoms with Crippen molar-refractivity contribution >= 4 is 43.8 Å². The molecule has 3 rings (SSSR count). The van der Waals surface area contributed by atoms with Crippen molar-refractivity contribution in [3.8, 4) is 0 Å². The predicted molar refractivity (Wildman–Crippen MR) is 132 cm³/mol. The Bertz CT molecular complexity index is 1290. The van der Waals surface area contributed by atoms with Crippen LogP contribution >= 0.6 is 15.9 Å². The molecule has 0 fully saturated rings. The molecule has 2 aromatic rings. The first kappa shape index (κ1) is 26.7. The number of nitrogens with one attached hydrogen (secondary N) is 1. The molecule has 188 valence electrons. The van der Waals surface area contributed by atoms with Gasteiger partial charge in [0, 0.05) is 29.7 Å². The van der Waals surface area contributed by atoms with Crippen molar-refractivity contribution in [3.63, 3.8) is 0 Å². The molecule has 0 aliphatic carbocycles. The molecule has 1 aromatic carbocycles. The molecule has 0 saturated heterocycles. The molecule has 0 unspecified atom stereocenters. The quantitative estimate of drug-likeness (QED) is 0.561. The van der Waals surface area contributed by atoms with Gasteiger partial charge in [-0.15, -0.1) is 0 Å². The smallest absolute Gasteiger partial charge is 0.414 e. The highest BCUT2D eigenvalue weighted by atomic mass is 79.9. The molecule has 0 spiro atoms. The number of alkyl carbamates (subject to hydrolysis) is 1. The fraction of sp³-hybridized carbons (Fsp3) is 0.391. The Morgan fingerprint density at radius 2 is 1.97 bits per heavy atom. The van der Waals surface area contributed by atoms with Gasteiger partial charge in [0.05, 0.1) is 5.75 Å². The maximum atomic E-state index is 15.2. The Kier molecular flexibility index (Phi) is 7.37. The van der Waals surface area contributed by atoms with Gasteiger partial charge in [-0.3, -0.25) is 15.1 Å². The second-order valence-corrected chi connectivity index (χ2v) is 12.2. The molecule has 1 atom stereocenters. The van der Waals surface area contributed by atoms with Crippen LogP contribution in [-0.4, -0.2) is 53.9 Å². The van der Waals surface area contributed by atoms with E-state index in [0.717, 1.165) is 4.31 Å². The van der Waals surface area contributed by atoms with Crippen LogP contribution in [0.3, 0.4) is 0 Å². The number of guanidine groups is 1. The number of rotatable bonds is 4. The van der Waals surface area contributed by atoms with Gasteiger partial charge in [-0.1, -0.05) is 22.0 Å². The minimum absolute atomic E-state index is 0.0373. The fourth-order valence-corrected chi connectivity index (χ4v) is 5.42. The number of pyridine rings is 1. The molecular weight excluding hydrogens is 543 g/mol. The highest BCUT2D eigenvalue weighted by Gasteiger charge is 2.43. The van der Waals surface area contributed by atoms with Gasteiger partial charge in [-0.05, 0) is 57.5 Å². The predicted octanol–water partition coefficient (Wildman–Crippen LogP) is 3.78. The van der Waals surface area contributed by atoms with Gasteiger partial charge < -0.3 is 4.74 Å². The van der Waals surface area contributed by atoms with Crippen molar-refractivity contribution in [3.05, 3.63) is 63.6 Å². The summed E-state index contributed by atoms with van der Waals surface area (Å²) >= 11 is 3.28. The van der Waals surface area contributed by atoms with Crippen molar-refractivity contribution in [1.29, 1.82) is 0 Å². The van der Waals surface area contributed by atoms with Crippen LogP contribution in [0.5, 0.6) is 0 Å². The Balaban J connectivity index is 2.02. The van der Waals surface area contributed by atoms with Crippen LogP contribution in [0.15, 0.2) is 46.0 Å². The van der Waals surface area contributed by atoms with E-state index in [1.807, 2.05) is 0 Å². The summed E-state index contributed by atoms with van der Waals surface area (Å²) in [6, 6.07) is 7.53. The van der Waals surface area contributed by atoms with Crippen LogP contribution < -0.4 is 5.32 Å². The van der Waals surface area contributed by atoms with Crippen molar-refractivity contribution in [2.75, 3.05) is 12.8 Å². The molecule has 1 aliphatic heterocycles. The van der Waals surface area contributed by atoms with E-state index in [2.05, 4.69) is 31.2 Å². The Morgan fingerprint density at radius 3 is 2.57 bits per heavy atom. The van der Waals surface area contributed by atoms with Crippen molar-refractivity contribution < 1.29 is 27.1 Å². The molecule has 35 heavy (non-hydrogen) atoms. The zero-order chi connectivity index (χ0) is 26.2. The molecule has 1 amide bonds. The van der Waals surface area contributed by atoms with E-state index >= 15 is 4.39 Å². The van der Waals surface area contributed by atoms with E-state index < -0.39 is 38.8 Å². The summed E-state index contributed by atoms with van der Waals surface area (Å²) in [5, 5.41) is 2.35. The number of hydrogen-bond donors (Lipinski definition) is 1. The van der Waals surface area contributed by atoms with Crippen LogP contribution in [0.4, 0.5) is 9.18 Å². The molecule has 1 aromatic heterocycles. The molecule has 9 nitrogen and oxygen atoms in total. The van der Waals surface area contributed by atoms with Gasteiger partial charge in [0.2, 0.25) is 16.0 Å². The zero-order valence-corrected chi connectivity index (χ0v) is 22.3. The van der Waals surface area contributed by atoms with Gasteiger partial charge in [0.25, 0.3) is 0 Å². The van der Waals surface area contributed by atoms with E-state index in [1.54, 1.807) is 39.0 Å². The highest BCUT2D eigenvalue weighted by molar-refractivity contribution is 9.10. The number of halogens is 2. The summed E-state index contributed by atoms with van der Waals surface area (Å²) in [5.74, 6) is -1.86. The van der Waals surface area contributed by atoms with E-state index in [-0.39, 0.29) is 29.4 Å². The number of amides is 1. The number of hydrogen-bond acceptors (Lipinski definition) is 7. The van der Waals surface area contributed by atoms with Crippen molar-refractivity contribution in [1.82, 2.24) is 14.6 Å². The number of benzene rings is 1. The minimum Gasteiger partial charge on any atom is -0.444 e. The standard InChI is InChI=1S/C23H26BrFN4O5S/c1-22(2,3)34-21(31)27-20-28-23(4,13-35(32,33)29(20)5)15-10-14(16(24)12-17(15)25)11-19(30)18-8-6-7-9-26-18/h6-10,12H,11,13H2,1-5H3,(H,27,28,31)/t23-/m0/s1. The maximum absolute atomic E-state index is 15.2. The monoisotopic (exact) mass is 568 g/mol. The average molecular weight is 569 g/mol. The molecule has 2 heterocycles. The van der Waals surface area contributed by atoms with Gasteiger partial charge in [-0.2, -0.15) is 0 Å². The Morgan fingerprint density at radius 1 is 1.29 bits per heavy atom. The van der Waals surface area contributed by atoms with E-state index in [9.17, 15) is 18.0 Å². The number of ketones is 1. The third kappa shape index (κ3) is 6.23. The van der Waals surface area contributed by atoms with E-state index in [1.165, 1.54) is 32.3 Å². The summed E-state index contributed by atoms with van der Waals surface area (Å²) < 4.78 is 47.4. The van der Waals surface area contributed by atoms with Gasteiger partial charge >= 0.3 is 6.09 Å². The summed E-state index contributed by atoms with van der Waals surface area (Å²) in [6.45, 7) is 6.42. The average Bonchev–Trinajstić information content (AvgIpc) is 2.72. The van der Waals surface area contributed by atoms with Gasteiger partial charge in [-0.25, -0.2) is 26.9 Å². The van der Waals surface area contributed by atoms with Crippen LogP contribution in [0.2, 0.25) is 0 Å². The number of carbonyl (C=O) groups is 2. The first-order valence-corrected chi connectivity index (χ1v) is 13.0. The SMILES string of the molecule is CN1C(NC(=O)OC(C)(C)C)=N[C@](C)(c2cc(CC(=O)c3ccccn3)c(Br)cc2F)CS1(=O)=O. The van der Waals surface area contributed by atoms with Crippen LogP contribution in [0.25, 0.3) is 0 Å². The Labute approximate surface area is 212 Å². The molecule has 0 saturated carbocycles. The maximum Gasteiger partial charge on any atom is 0.414 e. The lowest BCUT2D eigenvalue weighted by Crippen LogP contribution is -2.54. The van der Waals surface area contributed by atoms with Crippen LogP contribution in [0.1, 0.15) is 49.3 Å². The molecular formula is C23H26BrFN4O5S. The number of nitrogens with zero attached hydrogens (tertiary/aromatic N) is 3. The molecule has 1 aliphatic rings. The molecule has 0 radical (unpaired) electrons.